The molecule has 9 nitrogen and oxygen atoms in total. The fourth-order valence-corrected chi connectivity index (χ4v) is 3.36. The lowest BCUT2D eigenvalue weighted by molar-refractivity contribution is -0.118. The molecule has 0 atom stereocenters. The summed E-state index contributed by atoms with van der Waals surface area (Å²) in [6.07, 6.45) is 1.46. The van der Waals surface area contributed by atoms with Crippen LogP contribution < -0.4 is 25.0 Å². The van der Waals surface area contributed by atoms with Crippen LogP contribution in [0.25, 0.3) is 11.0 Å². The number of fused-ring (bicyclic) bond motifs is 1. The number of amides is 2. The summed E-state index contributed by atoms with van der Waals surface area (Å²) in [5.41, 5.74) is 4.36. The molecule has 0 radical (unpaired) electrons. The van der Waals surface area contributed by atoms with Gasteiger partial charge in [-0.25, -0.2) is 5.43 Å². The van der Waals surface area contributed by atoms with Crippen LogP contribution in [0.4, 0.5) is 5.69 Å². The van der Waals surface area contributed by atoms with Gasteiger partial charge in [-0.3, -0.25) is 9.59 Å². The maximum atomic E-state index is 12.4. The molecule has 36 heavy (non-hydrogen) atoms. The zero-order valence-electron chi connectivity index (χ0n) is 19.8. The summed E-state index contributed by atoms with van der Waals surface area (Å²) >= 11 is 0. The Morgan fingerprint density at radius 1 is 0.972 bits per heavy atom. The van der Waals surface area contributed by atoms with E-state index in [0.717, 1.165) is 5.39 Å². The van der Waals surface area contributed by atoms with E-state index >= 15 is 0 Å². The Morgan fingerprint density at radius 3 is 2.58 bits per heavy atom. The molecule has 3 aromatic carbocycles. The number of rotatable bonds is 10. The van der Waals surface area contributed by atoms with Crippen molar-refractivity contribution in [3.05, 3.63) is 84.1 Å². The van der Waals surface area contributed by atoms with Crippen LogP contribution in [0.1, 0.15) is 23.0 Å². The Balaban J connectivity index is 1.34. The summed E-state index contributed by atoms with van der Waals surface area (Å²) < 4.78 is 22.0. The largest absolute Gasteiger partial charge is 0.494 e. The van der Waals surface area contributed by atoms with Gasteiger partial charge in [-0.1, -0.05) is 18.2 Å². The van der Waals surface area contributed by atoms with Crippen molar-refractivity contribution in [2.45, 2.75) is 6.92 Å². The number of nitrogens with zero attached hydrogens (tertiary/aromatic N) is 1. The highest BCUT2D eigenvalue weighted by Gasteiger charge is 2.13. The van der Waals surface area contributed by atoms with Gasteiger partial charge in [0, 0.05) is 11.1 Å². The fraction of sp³-hybridized carbons (Fsp3) is 0.148. The Hall–Kier alpha value is -4.79. The monoisotopic (exact) mass is 487 g/mol. The zero-order valence-corrected chi connectivity index (χ0v) is 19.8. The van der Waals surface area contributed by atoms with Crippen molar-refractivity contribution in [3.63, 3.8) is 0 Å². The van der Waals surface area contributed by atoms with Gasteiger partial charge < -0.3 is 23.9 Å². The van der Waals surface area contributed by atoms with Crippen molar-refractivity contribution in [2.75, 3.05) is 25.6 Å². The minimum absolute atomic E-state index is 0.130. The number of hydrazone groups is 1. The van der Waals surface area contributed by atoms with Gasteiger partial charge in [0.1, 0.15) is 11.3 Å². The molecular formula is C27H25N3O6. The van der Waals surface area contributed by atoms with E-state index in [1.807, 2.05) is 31.2 Å². The van der Waals surface area contributed by atoms with E-state index in [2.05, 4.69) is 15.8 Å². The number of ether oxygens (including phenoxy) is 3. The predicted octanol–water partition coefficient (Wildman–Crippen LogP) is 4.62. The van der Waals surface area contributed by atoms with Gasteiger partial charge in [-0.2, -0.15) is 5.10 Å². The van der Waals surface area contributed by atoms with Crippen LogP contribution in [0.2, 0.25) is 0 Å². The van der Waals surface area contributed by atoms with E-state index in [4.69, 9.17) is 18.6 Å². The normalized spacial score (nSPS) is 10.8. The lowest BCUT2D eigenvalue weighted by Crippen LogP contribution is -2.20. The molecule has 4 aromatic rings. The number of furan rings is 1. The molecule has 9 heteroatoms. The van der Waals surface area contributed by atoms with Gasteiger partial charge in [-0.05, 0) is 67.1 Å². The third-order valence-electron chi connectivity index (χ3n) is 5.01. The predicted molar refractivity (Wildman–Crippen MR) is 136 cm³/mol. The van der Waals surface area contributed by atoms with Crippen molar-refractivity contribution in [3.8, 4) is 17.2 Å². The minimum atomic E-state index is -0.489. The number of nitrogens with one attached hydrogen (secondary N) is 2. The summed E-state index contributed by atoms with van der Waals surface area (Å²) in [7, 11) is 1.49. The fourth-order valence-electron chi connectivity index (χ4n) is 3.36. The molecular weight excluding hydrogens is 462 g/mol. The highest BCUT2D eigenvalue weighted by molar-refractivity contribution is 5.97. The van der Waals surface area contributed by atoms with Crippen LogP contribution >= 0.6 is 0 Å². The van der Waals surface area contributed by atoms with Crippen molar-refractivity contribution in [2.24, 2.45) is 5.10 Å². The lowest BCUT2D eigenvalue weighted by atomic mass is 10.2. The lowest BCUT2D eigenvalue weighted by Gasteiger charge is -2.11. The second kappa shape index (κ2) is 11.6. The molecule has 2 amide bonds. The van der Waals surface area contributed by atoms with Gasteiger partial charge in [0.2, 0.25) is 0 Å². The maximum absolute atomic E-state index is 12.4. The van der Waals surface area contributed by atoms with Crippen molar-refractivity contribution in [1.29, 1.82) is 0 Å². The van der Waals surface area contributed by atoms with E-state index in [1.54, 1.807) is 48.5 Å². The van der Waals surface area contributed by atoms with E-state index in [0.29, 0.717) is 40.7 Å². The molecule has 0 spiro atoms. The molecule has 0 bridgehead atoms. The average molecular weight is 488 g/mol. The molecule has 0 aliphatic rings. The van der Waals surface area contributed by atoms with E-state index in [-0.39, 0.29) is 18.3 Å². The first-order valence-electron chi connectivity index (χ1n) is 11.2. The van der Waals surface area contributed by atoms with Gasteiger partial charge in [0.25, 0.3) is 5.91 Å². The standard InChI is InChI=1S/C27H25N3O6/c1-3-34-21-10-12-22-19(14-21)15-25(36-22)27(32)30-28-16-18-9-11-23(24(13-18)33-2)35-17-26(31)29-20-7-5-4-6-8-20/h4-16H,3,17H2,1-2H3,(H,29,31)(H,30,32)/b28-16+. The number of methoxy groups -OCH3 is 1. The van der Waals surface area contributed by atoms with Crippen LogP contribution in [-0.2, 0) is 4.79 Å². The SMILES string of the molecule is CCOc1ccc2oc(C(=O)N/N=C/c3ccc(OCC(=O)Nc4ccccc4)c(OC)c3)cc2c1. The number of carbonyl (C=O) groups excluding carboxylic acids is 2. The Bertz CT molecular complexity index is 1380. The zero-order chi connectivity index (χ0) is 25.3. The summed E-state index contributed by atoms with van der Waals surface area (Å²) in [6, 6.07) is 21.1. The Kier molecular flexibility index (Phi) is 7.82. The van der Waals surface area contributed by atoms with Crippen molar-refractivity contribution in [1.82, 2.24) is 5.43 Å². The van der Waals surface area contributed by atoms with E-state index in [1.165, 1.54) is 13.3 Å². The van der Waals surface area contributed by atoms with Crippen LogP contribution in [0.3, 0.4) is 0 Å². The van der Waals surface area contributed by atoms with Crippen molar-refractivity contribution < 1.29 is 28.2 Å². The second-order valence-electron chi connectivity index (χ2n) is 7.56. The maximum Gasteiger partial charge on any atom is 0.307 e. The van der Waals surface area contributed by atoms with E-state index in [9.17, 15) is 9.59 Å². The Labute approximate surface area is 207 Å². The number of anilines is 1. The Morgan fingerprint density at radius 2 is 1.81 bits per heavy atom. The first-order valence-corrected chi connectivity index (χ1v) is 11.2. The van der Waals surface area contributed by atoms with Gasteiger partial charge in [0.05, 0.1) is 19.9 Å². The molecule has 1 heterocycles. The molecule has 0 aliphatic carbocycles. The minimum Gasteiger partial charge on any atom is -0.494 e. The molecule has 0 fully saturated rings. The topological polar surface area (TPSA) is 111 Å². The van der Waals surface area contributed by atoms with Crippen molar-refractivity contribution >= 4 is 34.7 Å². The number of hydrogen-bond donors (Lipinski definition) is 2. The quantitative estimate of drug-likeness (QED) is 0.249. The van der Waals surface area contributed by atoms with Crippen LogP contribution in [-0.4, -0.2) is 38.4 Å². The summed E-state index contributed by atoms with van der Waals surface area (Å²) in [5.74, 6) is 0.865. The van der Waals surface area contributed by atoms with E-state index < -0.39 is 5.91 Å². The highest BCUT2D eigenvalue weighted by Crippen LogP contribution is 2.28. The summed E-state index contributed by atoms with van der Waals surface area (Å²) in [5, 5.41) is 7.50. The van der Waals surface area contributed by atoms with Crippen LogP contribution in [0.5, 0.6) is 17.2 Å². The van der Waals surface area contributed by atoms with Gasteiger partial charge in [0.15, 0.2) is 23.9 Å². The number of carbonyl (C=O) groups is 2. The molecule has 0 saturated heterocycles. The summed E-state index contributed by atoms with van der Waals surface area (Å²) in [4.78, 5) is 24.6. The van der Waals surface area contributed by atoms with Crippen LogP contribution in [0.15, 0.2) is 82.3 Å². The first kappa shape index (κ1) is 24.3. The van der Waals surface area contributed by atoms with Gasteiger partial charge in [-0.15, -0.1) is 0 Å². The van der Waals surface area contributed by atoms with Gasteiger partial charge >= 0.3 is 5.91 Å². The number of para-hydroxylation sites is 1. The molecule has 0 saturated carbocycles. The molecule has 2 N–H and O–H groups in total. The first-order chi connectivity index (χ1) is 17.6. The molecule has 184 valence electrons. The molecule has 0 unspecified atom stereocenters. The third kappa shape index (κ3) is 6.20. The van der Waals surface area contributed by atoms with Crippen LogP contribution in [0, 0.1) is 0 Å². The number of hydrogen-bond acceptors (Lipinski definition) is 7. The number of benzene rings is 3. The highest BCUT2D eigenvalue weighted by atomic mass is 16.5. The molecule has 4 rings (SSSR count). The smallest absolute Gasteiger partial charge is 0.307 e. The molecule has 0 aliphatic heterocycles. The third-order valence-corrected chi connectivity index (χ3v) is 5.01. The average Bonchev–Trinajstić information content (AvgIpc) is 3.32. The second-order valence-corrected chi connectivity index (χ2v) is 7.56. The summed E-state index contributed by atoms with van der Waals surface area (Å²) in [6.45, 7) is 2.27. The molecule has 1 aromatic heterocycles.